The van der Waals surface area contributed by atoms with E-state index in [0.717, 1.165) is 3.57 Å². The van der Waals surface area contributed by atoms with Gasteiger partial charge < -0.3 is 15.7 Å². The number of amides is 2. The highest BCUT2D eigenvalue weighted by Gasteiger charge is 2.14. The molecule has 3 N–H and O–H groups in total. The van der Waals surface area contributed by atoms with Crippen molar-refractivity contribution in [1.29, 1.82) is 0 Å². The van der Waals surface area contributed by atoms with Crippen LogP contribution in [0.25, 0.3) is 0 Å². The van der Waals surface area contributed by atoms with Crippen molar-refractivity contribution < 1.29 is 14.7 Å². The number of anilines is 1. The number of hydrogen-bond donors (Lipinski definition) is 3. The van der Waals surface area contributed by atoms with Gasteiger partial charge in [0.2, 0.25) is 0 Å². The van der Waals surface area contributed by atoms with Gasteiger partial charge in [0.15, 0.2) is 0 Å². The average molecular weight is 369 g/mol. The second kappa shape index (κ2) is 6.06. The number of aliphatic carboxylic acids is 1. The second-order valence-electron chi connectivity index (χ2n) is 3.28. The Morgan fingerprint density at radius 2 is 2.12 bits per heavy atom. The molecule has 0 bridgehead atoms. The molecule has 1 atom stereocenters. The summed E-state index contributed by atoms with van der Waals surface area (Å²) in [6, 6.07) is 3.55. The molecule has 0 spiro atoms. The van der Waals surface area contributed by atoms with Crippen molar-refractivity contribution in [1.82, 2.24) is 5.32 Å². The maximum absolute atomic E-state index is 11.4. The van der Waals surface area contributed by atoms with Gasteiger partial charge >= 0.3 is 12.0 Å². The van der Waals surface area contributed by atoms with Crippen LogP contribution in [0, 0.1) is 3.57 Å². The van der Waals surface area contributed by atoms with Crippen LogP contribution < -0.4 is 10.6 Å². The van der Waals surface area contributed by atoms with E-state index in [4.69, 9.17) is 16.7 Å². The summed E-state index contributed by atoms with van der Waals surface area (Å²) in [7, 11) is 0. The molecule has 5 nitrogen and oxygen atoms in total. The minimum Gasteiger partial charge on any atom is -0.480 e. The minimum atomic E-state index is -1.10. The van der Waals surface area contributed by atoms with Crippen LogP contribution in [0.1, 0.15) is 6.92 Å². The van der Waals surface area contributed by atoms with Crippen molar-refractivity contribution in [3.63, 3.8) is 0 Å². The molecule has 0 radical (unpaired) electrons. The summed E-state index contributed by atoms with van der Waals surface area (Å²) in [6.45, 7) is 1.37. The van der Waals surface area contributed by atoms with Crippen LogP contribution in [-0.2, 0) is 4.79 Å². The normalized spacial score (nSPS) is 11.7. The Morgan fingerprint density at radius 3 is 2.65 bits per heavy atom. The van der Waals surface area contributed by atoms with Gasteiger partial charge in [-0.05, 0) is 47.7 Å². The van der Waals surface area contributed by atoms with Gasteiger partial charge in [0.1, 0.15) is 6.04 Å². The lowest BCUT2D eigenvalue weighted by molar-refractivity contribution is -0.138. The highest BCUT2D eigenvalue weighted by Crippen LogP contribution is 2.23. The van der Waals surface area contributed by atoms with Crippen LogP contribution in [0.2, 0.25) is 5.02 Å². The largest absolute Gasteiger partial charge is 0.480 e. The van der Waals surface area contributed by atoms with E-state index in [9.17, 15) is 9.59 Å². The number of hydrogen-bond acceptors (Lipinski definition) is 2. The number of rotatable bonds is 3. The molecule has 0 unspecified atom stereocenters. The summed E-state index contributed by atoms with van der Waals surface area (Å²) in [5.74, 6) is -1.10. The lowest BCUT2D eigenvalue weighted by Crippen LogP contribution is -2.40. The van der Waals surface area contributed by atoms with Gasteiger partial charge in [-0.2, -0.15) is 0 Å². The van der Waals surface area contributed by atoms with Gasteiger partial charge in [-0.3, -0.25) is 4.79 Å². The van der Waals surface area contributed by atoms with Gasteiger partial charge in [-0.15, -0.1) is 0 Å². The summed E-state index contributed by atoms with van der Waals surface area (Å²) < 4.78 is 0.942. The Bertz CT molecular complexity index is 453. The van der Waals surface area contributed by atoms with Crippen molar-refractivity contribution >= 4 is 51.9 Å². The third kappa shape index (κ3) is 4.39. The van der Waals surface area contributed by atoms with Crippen LogP contribution in [0.3, 0.4) is 0 Å². The second-order valence-corrected chi connectivity index (χ2v) is 4.94. The Hall–Kier alpha value is -1.02. The Balaban J connectivity index is 2.65. The predicted molar refractivity (Wildman–Crippen MR) is 73.4 cm³/mol. The molecule has 17 heavy (non-hydrogen) atoms. The van der Waals surface area contributed by atoms with Crippen LogP contribution in [-0.4, -0.2) is 23.1 Å². The van der Waals surface area contributed by atoms with Gasteiger partial charge in [0.25, 0.3) is 0 Å². The van der Waals surface area contributed by atoms with Crippen molar-refractivity contribution in [3.8, 4) is 0 Å². The molecule has 0 aliphatic heterocycles. The zero-order valence-electron chi connectivity index (χ0n) is 8.83. The SMILES string of the molecule is C[C@@H](NC(=O)Nc1ccc(I)cc1Cl)C(=O)O. The van der Waals surface area contributed by atoms with E-state index in [1.807, 2.05) is 0 Å². The summed E-state index contributed by atoms with van der Waals surface area (Å²) in [4.78, 5) is 21.9. The average Bonchev–Trinajstić information content (AvgIpc) is 2.22. The third-order valence-corrected chi connectivity index (χ3v) is 2.88. The molecule has 1 rings (SSSR count). The fourth-order valence-electron chi connectivity index (χ4n) is 1.01. The van der Waals surface area contributed by atoms with E-state index in [0.29, 0.717) is 10.7 Å². The monoisotopic (exact) mass is 368 g/mol. The molecule has 7 heteroatoms. The zero-order valence-corrected chi connectivity index (χ0v) is 11.7. The number of carbonyl (C=O) groups excluding carboxylic acids is 1. The van der Waals surface area contributed by atoms with E-state index in [-0.39, 0.29) is 0 Å². The first-order valence-electron chi connectivity index (χ1n) is 4.65. The van der Waals surface area contributed by atoms with Gasteiger partial charge in [0, 0.05) is 3.57 Å². The number of carboxylic acids is 1. The first-order valence-corrected chi connectivity index (χ1v) is 6.11. The molecule has 2 amide bonds. The molecule has 92 valence electrons. The molecule has 0 heterocycles. The summed E-state index contributed by atoms with van der Waals surface area (Å²) >= 11 is 8.00. The van der Waals surface area contributed by atoms with Crippen LogP contribution in [0.5, 0.6) is 0 Å². The smallest absolute Gasteiger partial charge is 0.325 e. The zero-order chi connectivity index (χ0) is 13.0. The Labute approximate surface area is 117 Å². The van der Waals surface area contributed by atoms with Crippen molar-refractivity contribution in [3.05, 3.63) is 26.8 Å². The Morgan fingerprint density at radius 1 is 1.47 bits per heavy atom. The molecule has 0 saturated carbocycles. The maximum atomic E-state index is 11.4. The molecular weight excluding hydrogens is 358 g/mol. The number of carboxylic acid groups (broad SMARTS) is 1. The topological polar surface area (TPSA) is 78.4 Å². The minimum absolute atomic E-state index is 0.398. The summed E-state index contributed by atoms with van der Waals surface area (Å²) in [5.41, 5.74) is 0.433. The molecule has 0 fully saturated rings. The highest BCUT2D eigenvalue weighted by atomic mass is 127. The van der Waals surface area contributed by atoms with E-state index in [2.05, 4.69) is 33.2 Å². The number of carbonyl (C=O) groups is 2. The fourth-order valence-corrected chi connectivity index (χ4v) is 1.91. The number of nitrogens with one attached hydrogen (secondary N) is 2. The third-order valence-electron chi connectivity index (χ3n) is 1.90. The molecule has 0 aromatic heterocycles. The summed E-state index contributed by atoms with van der Waals surface area (Å²) in [6.07, 6.45) is 0. The fraction of sp³-hybridized carbons (Fsp3) is 0.200. The molecule has 0 aliphatic carbocycles. The van der Waals surface area contributed by atoms with E-state index in [1.54, 1.807) is 18.2 Å². The van der Waals surface area contributed by atoms with Crippen LogP contribution in [0.15, 0.2) is 18.2 Å². The lowest BCUT2D eigenvalue weighted by Gasteiger charge is -2.11. The number of urea groups is 1. The van der Waals surface area contributed by atoms with Gasteiger partial charge in [-0.1, -0.05) is 11.6 Å². The first-order chi connectivity index (χ1) is 7.90. The maximum Gasteiger partial charge on any atom is 0.325 e. The number of benzene rings is 1. The summed E-state index contributed by atoms with van der Waals surface area (Å²) in [5, 5.41) is 13.8. The van der Waals surface area contributed by atoms with Gasteiger partial charge in [0.05, 0.1) is 10.7 Å². The van der Waals surface area contributed by atoms with Crippen molar-refractivity contribution in [2.24, 2.45) is 0 Å². The standard InChI is InChI=1S/C10H10ClIN2O3/c1-5(9(15)16)13-10(17)14-8-3-2-6(12)4-7(8)11/h2-5H,1H3,(H,15,16)(H2,13,14,17)/t5-/m1/s1. The number of halogens is 2. The van der Waals surface area contributed by atoms with E-state index < -0.39 is 18.0 Å². The quantitative estimate of drug-likeness (QED) is 0.718. The Kier molecular flexibility index (Phi) is 5.01. The van der Waals surface area contributed by atoms with Crippen LogP contribution >= 0.6 is 34.2 Å². The van der Waals surface area contributed by atoms with E-state index in [1.165, 1.54) is 6.92 Å². The van der Waals surface area contributed by atoms with Crippen molar-refractivity contribution in [2.75, 3.05) is 5.32 Å². The molecule has 1 aromatic rings. The predicted octanol–water partition coefficient (Wildman–Crippen LogP) is 2.54. The molecule has 0 aliphatic rings. The molecular formula is C10H10ClIN2O3. The van der Waals surface area contributed by atoms with Gasteiger partial charge in [-0.25, -0.2) is 4.79 Å². The highest BCUT2D eigenvalue weighted by molar-refractivity contribution is 14.1. The van der Waals surface area contributed by atoms with Crippen molar-refractivity contribution in [2.45, 2.75) is 13.0 Å². The van der Waals surface area contributed by atoms with Crippen LogP contribution in [0.4, 0.5) is 10.5 Å². The molecule has 1 aromatic carbocycles. The van der Waals surface area contributed by atoms with E-state index >= 15 is 0 Å². The lowest BCUT2D eigenvalue weighted by atomic mass is 10.3. The first kappa shape index (κ1) is 14.0. The molecule has 0 saturated heterocycles.